The summed E-state index contributed by atoms with van der Waals surface area (Å²) in [6.45, 7) is 4.22. The zero-order chi connectivity index (χ0) is 17.8. The minimum absolute atomic E-state index is 0.0401. The van der Waals surface area contributed by atoms with Crippen LogP contribution >= 0.6 is 0 Å². The van der Waals surface area contributed by atoms with Crippen LogP contribution < -0.4 is 10.2 Å². The number of carbonyl (C=O) groups is 1. The number of hydrogen-bond donors (Lipinski definition) is 1. The van der Waals surface area contributed by atoms with Gasteiger partial charge in [-0.05, 0) is 30.7 Å². The molecule has 0 aliphatic carbocycles. The van der Waals surface area contributed by atoms with Gasteiger partial charge in [0.05, 0.1) is 12.5 Å². The van der Waals surface area contributed by atoms with Crippen molar-refractivity contribution in [3.05, 3.63) is 36.5 Å². The van der Waals surface area contributed by atoms with Crippen molar-refractivity contribution in [2.24, 2.45) is 5.92 Å². The maximum absolute atomic E-state index is 12.4. The molecule has 2 aromatic heterocycles. The van der Waals surface area contributed by atoms with E-state index in [1.165, 1.54) is 0 Å². The molecule has 2 saturated heterocycles. The van der Waals surface area contributed by atoms with Crippen LogP contribution in [0.25, 0.3) is 0 Å². The topological polar surface area (TPSA) is 83.5 Å². The predicted molar refractivity (Wildman–Crippen MR) is 97.3 cm³/mol. The Morgan fingerprint density at radius 3 is 2.62 bits per heavy atom. The quantitative estimate of drug-likeness (QED) is 0.886. The van der Waals surface area contributed by atoms with Crippen molar-refractivity contribution >= 4 is 23.4 Å². The van der Waals surface area contributed by atoms with E-state index < -0.39 is 0 Å². The number of carbonyl (C=O) groups excluding carboxylic acids is 1. The van der Waals surface area contributed by atoms with Crippen molar-refractivity contribution in [2.45, 2.75) is 6.42 Å². The summed E-state index contributed by atoms with van der Waals surface area (Å²) < 4.78 is 5.33. The first-order valence-corrected chi connectivity index (χ1v) is 8.93. The number of nitrogens with zero attached hydrogens (tertiary/aromatic N) is 5. The van der Waals surface area contributed by atoms with Crippen molar-refractivity contribution in [2.75, 3.05) is 49.6 Å². The van der Waals surface area contributed by atoms with Crippen LogP contribution in [0.15, 0.2) is 36.5 Å². The summed E-state index contributed by atoms with van der Waals surface area (Å²) >= 11 is 0. The lowest BCUT2D eigenvalue weighted by Gasteiger charge is -2.36. The summed E-state index contributed by atoms with van der Waals surface area (Å²) in [5.74, 6) is 2.48. The Hall–Kier alpha value is -2.74. The van der Waals surface area contributed by atoms with Gasteiger partial charge in [-0.25, -0.2) is 4.98 Å². The van der Waals surface area contributed by atoms with Gasteiger partial charge in [0.1, 0.15) is 5.82 Å². The van der Waals surface area contributed by atoms with E-state index in [2.05, 4.69) is 25.4 Å². The van der Waals surface area contributed by atoms with Crippen LogP contribution in [0.2, 0.25) is 0 Å². The van der Waals surface area contributed by atoms with Crippen LogP contribution in [0, 0.1) is 5.92 Å². The highest BCUT2D eigenvalue weighted by molar-refractivity contribution is 5.79. The Kier molecular flexibility index (Phi) is 4.92. The summed E-state index contributed by atoms with van der Waals surface area (Å²) in [6.07, 6.45) is 2.57. The fraction of sp³-hybridized carbons (Fsp3) is 0.444. The maximum atomic E-state index is 12.4. The van der Waals surface area contributed by atoms with Crippen molar-refractivity contribution in [1.29, 1.82) is 0 Å². The number of pyridine rings is 1. The van der Waals surface area contributed by atoms with E-state index in [1.54, 1.807) is 6.20 Å². The van der Waals surface area contributed by atoms with Crippen LogP contribution in [0.4, 0.5) is 17.5 Å². The van der Waals surface area contributed by atoms with E-state index in [4.69, 9.17) is 4.74 Å². The minimum atomic E-state index is 0.0401. The van der Waals surface area contributed by atoms with Crippen LogP contribution in [0.3, 0.4) is 0 Å². The summed E-state index contributed by atoms with van der Waals surface area (Å²) in [5.41, 5.74) is 0. The normalized spacial score (nSPS) is 20.2. The van der Waals surface area contributed by atoms with Gasteiger partial charge in [-0.3, -0.25) is 4.79 Å². The second-order valence-electron chi connectivity index (χ2n) is 6.49. The molecule has 0 bridgehead atoms. The molecule has 0 aromatic carbocycles. The molecule has 0 saturated carbocycles. The molecule has 0 radical (unpaired) electrons. The third-order valence-electron chi connectivity index (χ3n) is 4.77. The zero-order valence-electron chi connectivity index (χ0n) is 14.5. The van der Waals surface area contributed by atoms with Gasteiger partial charge in [-0.1, -0.05) is 6.07 Å². The Balaban J connectivity index is 1.32. The number of piperazine rings is 1. The molecule has 4 heterocycles. The lowest BCUT2D eigenvalue weighted by Crippen LogP contribution is -2.50. The molecule has 2 aromatic rings. The molecule has 2 fully saturated rings. The largest absolute Gasteiger partial charge is 0.381 e. The third kappa shape index (κ3) is 3.75. The van der Waals surface area contributed by atoms with Crippen LogP contribution in [-0.4, -0.2) is 65.4 Å². The summed E-state index contributed by atoms with van der Waals surface area (Å²) in [6, 6.07) is 9.49. The van der Waals surface area contributed by atoms with Gasteiger partial charge >= 0.3 is 0 Å². The highest BCUT2D eigenvalue weighted by atomic mass is 16.5. The molecule has 1 atom stereocenters. The Labute approximate surface area is 152 Å². The average molecular weight is 354 g/mol. The second-order valence-corrected chi connectivity index (χ2v) is 6.49. The molecular formula is C18H22N6O2. The number of amides is 1. The van der Waals surface area contributed by atoms with E-state index >= 15 is 0 Å². The first-order valence-electron chi connectivity index (χ1n) is 8.93. The van der Waals surface area contributed by atoms with E-state index in [0.717, 1.165) is 31.1 Å². The number of ether oxygens (including phenoxy) is 1. The Morgan fingerprint density at radius 1 is 1.08 bits per heavy atom. The molecule has 8 heteroatoms. The number of anilines is 3. The molecule has 1 unspecified atom stereocenters. The Morgan fingerprint density at radius 2 is 1.96 bits per heavy atom. The maximum Gasteiger partial charge on any atom is 0.228 e. The molecule has 1 N–H and O–H groups in total. The first kappa shape index (κ1) is 16.7. The van der Waals surface area contributed by atoms with Gasteiger partial charge in [-0.15, -0.1) is 10.2 Å². The minimum Gasteiger partial charge on any atom is -0.381 e. The van der Waals surface area contributed by atoms with Gasteiger partial charge in [-0.2, -0.15) is 0 Å². The number of hydrogen-bond acceptors (Lipinski definition) is 7. The van der Waals surface area contributed by atoms with Gasteiger partial charge in [0.2, 0.25) is 5.91 Å². The van der Waals surface area contributed by atoms with Crippen molar-refractivity contribution in [3.63, 3.8) is 0 Å². The van der Waals surface area contributed by atoms with E-state index in [-0.39, 0.29) is 11.8 Å². The van der Waals surface area contributed by atoms with E-state index in [9.17, 15) is 4.79 Å². The molecule has 1 amide bonds. The van der Waals surface area contributed by atoms with Crippen LogP contribution in [-0.2, 0) is 9.53 Å². The fourth-order valence-corrected chi connectivity index (χ4v) is 3.27. The Bertz CT molecular complexity index is 725. The van der Waals surface area contributed by atoms with Gasteiger partial charge in [0.25, 0.3) is 0 Å². The lowest BCUT2D eigenvalue weighted by molar-refractivity contribution is -0.135. The van der Waals surface area contributed by atoms with Crippen molar-refractivity contribution in [1.82, 2.24) is 20.1 Å². The van der Waals surface area contributed by atoms with E-state index in [0.29, 0.717) is 32.1 Å². The van der Waals surface area contributed by atoms with Crippen molar-refractivity contribution in [3.8, 4) is 0 Å². The standard InChI is InChI=1S/C18H22N6O2/c25-18(14-6-12-26-13-14)24-10-8-23(9-11-24)17-5-4-16(21-22-17)20-15-3-1-2-7-19-15/h1-5,7,14H,6,8-13H2,(H,19,20,21). The molecule has 0 spiro atoms. The molecule has 2 aliphatic rings. The SMILES string of the molecule is O=C(C1CCOC1)N1CCN(c2ccc(Nc3ccccn3)nn2)CC1. The third-order valence-corrected chi connectivity index (χ3v) is 4.77. The van der Waals surface area contributed by atoms with E-state index in [1.807, 2.05) is 35.2 Å². The second kappa shape index (κ2) is 7.65. The smallest absolute Gasteiger partial charge is 0.228 e. The van der Waals surface area contributed by atoms with Crippen LogP contribution in [0.1, 0.15) is 6.42 Å². The summed E-state index contributed by atoms with van der Waals surface area (Å²) in [7, 11) is 0. The molecule has 2 aliphatic heterocycles. The van der Waals surface area contributed by atoms with Gasteiger partial charge < -0.3 is 19.9 Å². The first-order chi connectivity index (χ1) is 12.8. The fourth-order valence-electron chi connectivity index (χ4n) is 3.27. The highest BCUT2D eigenvalue weighted by Crippen LogP contribution is 2.19. The van der Waals surface area contributed by atoms with Crippen LogP contribution in [0.5, 0.6) is 0 Å². The summed E-state index contributed by atoms with van der Waals surface area (Å²) in [4.78, 5) is 20.8. The number of rotatable bonds is 4. The molecular weight excluding hydrogens is 332 g/mol. The summed E-state index contributed by atoms with van der Waals surface area (Å²) in [5, 5.41) is 11.7. The number of nitrogens with one attached hydrogen (secondary N) is 1. The zero-order valence-corrected chi connectivity index (χ0v) is 14.5. The predicted octanol–water partition coefficient (Wildman–Crippen LogP) is 1.30. The monoisotopic (exact) mass is 354 g/mol. The average Bonchev–Trinajstić information content (AvgIpc) is 3.24. The molecule has 4 rings (SSSR count). The number of aromatic nitrogens is 3. The highest BCUT2D eigenvalue weighted by Gasteiger charge is 2.30. The van der Waals surface area contributed by atoms with Crippen molar-refractivity contribution < 1.29 is 9.53 Å². The lowest BCUT2D eigenvalue weighted by atomic mass is 10.1. The van der Waals surface area contributed by atoms with Gasteiger partial charge in [0, 0.05) is 39.0 Å². The molecule has 136 valence electrons. The molecule has 26 heavy (non-hydrogen) atoms. The van der Waals surface area contributed by atoms with Gasteiger partial charge in [0.15, 0.2) is 11.6 Å². The molecule has 8 nitrogen and oxygen atoms in total.